The Morgan fingerprint density at radius 2 is 0.860 bits per heavy atom. The highest BCUT2D eigenvalue weighted by molar-refractivity contribution is 8.00. The lowest BCUT2D eigenvalue weighted by atomic mass is 9.33. The third-order valence-corrected chi connectivity index (χ3v) is 11.8. The van der Waals surface area contributed by atoms with E-state index in [0.717, 1.165) is 0 Å². The first kappa shape index (κ1) is 23.0. The zero-order chi connectivity index (χ0) is 27.8. The van der Waals surface area contributed by atoms with E-state index < -0.39 is 0 Å². The summed E-state index contributed by atoms with van der Waals surface area (Å²) in [4.78, 5) is 10.5. The topological polar surface area (TPSA) is 6.48 Å². The molecule has 0 amide bonds. The zero-order valence-corrected chi connectivity index (χ0v) is 24.5. The van der Waals surface area contributed by atoms with Gasteiger partial charge in [0.1, 0.15) is 0 Å². The van der Waals surface area contributed by atoms with Gasteiger partial charge in [-0.3, -0.25) is 0 Å². The second-order valence-corrected chi connectivity index (χ2v) is 13.8. The largest absolute Gasteiger partial charge is 0.309 e. The van der Waals surface area contributed by atoms with Crippen LogP contribution in [0.15, 0.2) is 147 Å². The predicted molar refractivity (Wildman–Crippen MR) is 184 cm³/mol. The van der Waals surface area contributed by atoms with Crippen molar-refractivity contribution in [1.29, 1.82) is 0 Å². The maximum Gasteiger partial charge on any atom is 0.252 e. The Morgan fingerprint density at radius 3 is 1.40 bits per heavy atom. The van der Waals surface area contributed by atoms with Crippen molar-refractivity contribution in [2.75, 3.05) is 9.80 Å². The Kier molecular flexibility index (Phi) is 4.31. The molecule has 0 unspecified atom stereocenters. The van der Waals surface area contributed by atoms with E-state index in [4.69, 9.17) is 0 Å². The van der Waals surface area contributed by atoms with Gasteiger partial charge in [-0.1, -0.05) is 115 Å². The molecule has 43 heavy (non-hydrogen) atoms. The summed E-state index contributed by atoms with van der Waals surface area (Å²) in [7, 11) is 0. The minimum atomic E-state index is 0.165. The van der Waals surface area contributed by atoms with E-state index in [1.807, 2.05) is 23.5 Å². The van der Waals surface area contributed by atoms with E-state index in [1.54, 1.807) is 0 Å². The van der Waals surface area contributed by atoms with Gasteiger partial charge in [0, 0.05) is 41.7 Å². The average Bonchev–Trinajstić information content (AvgIpc) is 3.06. The zero-order valence-electron chi connectivity index (χ0n) is 22.9. The molecule has 7 aromatic rings. The lowest BCUT2D eigenvalue weighted by Gasteiger charge is -2.47. The number of hydrogen-bond donors (Lipinski definition) is 0. The Bertz CT molecular complexity index is 2240. The summed E-state index contributed by atoms with van der Waals surface area (Å²) in [6.45, 7) is 0.165. The average molecular weight is 581 g/mol. The van der Waals surface area contributed by atoms with Crippen LogP contribution in [0, 0.1) is 0 Å². The smallest absolute Gasteiger partial charge is 0.252 e. The number of anilines is 6. The summed E-state index contributed by atoms with van der Waals surface area (Å²) < 4.78 is 0. The summed E-state index contributed by atoms with van der Waals surface area (Å²) in [5, 5.41) is 5.15. The van der Waals surface area contributed by atoms with Crippen LogP contribution in [0.1, 0.15) is 0 Å². The fourth-order valence-electron chi connectivity index (χ4n) is 7.93. The van der Waals surface area contributed by atoms with Crippen molar-refractivity contribution in [3.63, 3.8) is 0 Å². The molecule has 2 nitrogen and oxygen atoms in total. The van der Waals surface area contributed by atoms with Gasteiger partial charge in [0.25, 0.3) is 6.71 Å². The lowest BCUT2D eigenvalue weighted by Crippen LogP contribution is -2.62. The van der Waals surface area contributed by atoms with E-state index in [1.165, 1.54) is 91.6 Å². The standard InChI is InChI=1S/C38H21BN2S2/c1-3-10-24-22(8-1)18-20-32-35(24)40-28-14-7-15-29-34(28)39(26-12-5-16-30(42-32)37(26)40)27-13-6-17-31-38(27)41(29)36-25-11-4-2-9-23(25)19-21-33(36)43-31/h1-21H. The molecule has 0 saturated heterocycles. The maximum atomic E-state index is 2.59. The third-order valence-electron chi connectivity index (χ3n) is 9.57. The molecule has 0 aromatic heterocycles. The van der Waals surface area contributed by atoms with Crippen LogP contribution in [0.2, 0.25) is 0 Å². The Hall–Kier alpha value is -4.58. The summed E-state index contributed by atoms with van der Waals surface area (Å²) in [6, 6.07) is 47.7. The van der Waals surface area contributed by atoms with Crippen molar-refractivity contribution in [1.82, 2.24) is 0 Å². The number of fused-ring (bicyclic) bond motifs is 12. The summed E-state index contributed by atoms with van der Waals surface area (Å²) >= 11 is 3.82. The molecule has 4 aliphatic rings. The molecule has 0 N–H and O–H groups in total. The molecule has 0 bridgehead atoms. The van der Waals surface area contributed by atoms with Crippen molar-refractivity contribution in [2.45, 2.75) is 19.6 Å². The van der Waals surface area contributed by atoms with Crippen molar-refractivity contribution in [2.24, 2.45) is 0 Å². The van der Waals surface area contributed by atoms with Gasteiger partial charge in [-0.25, -0.2) is 0 Å². The van der Waals surface area contributed by atoms with Crippen LogP contribution in [0.25, 0.3) is 21.5 Å². The molecule has 5 heteroatoms. The molecular formula is C38H21BN2S2. The second-order valence-electron chi connectivity index (χ2n) is 11.7. The predicted octanol–water partition coefficient (Wildman–Crippen LogP) is 9.00. The van der Waals surface area contributed by atoms with E-state index in [0.29, 0.717) is 0 Å². The number of nitrogens with zero attached hydrogens (tertiary/aromatic N) is 2. The first-order valence-electron chi connectivity index (χ1n) is 14.7. The highest BCUT2D eigenvalue weighted by Crippen LogP contribution is 2.58. The summed E-state index contributed by atoms with van der Waals surface area (Å²) in [5.74, 6) is 0. The minimum Gasteiger partial charge on any atom is -0.309 e. The van der Waals surface area contributed by atoms with Crippen molar-refractivity contribution >= 4 is 102 Å². The number of rotatable bonds is 0. The molecule has 4 aliphatic heterocycles. The first-order chi connectivity index (χ1) is 21.3. The lowest BCUT2D eigenvalue weighted by molar-refractivity contribution is 1.16. The van der Waals surface area contributed by atoms with Crippen LogP contribution in [0.5, 0.6) is 0 Å². The fraction of sp³-hybridized carbons (Fsp3) is 0. The van der Waals surface area contributed by atoms with Gasteiger partial charge in [0.15, 0.2) is 0 Å². The van der Waals surface area contributed by atoms with Gasteiger partial charge in [-0.05, 0) is 63.6 Å². The van der Waals surface area contributed by atoms with E-state index in [9.17, 15) is 0 Å². The molecule has 0 atom stereocenters. The number of benzene rings is 7. The molecule has 0 radical (unpaired) electrons. The quantitative estimate of drug-likeness (QED) is 0.165. The summed E-state index contributed by atoms with van der Waals surface area (Å²) in [6.07, 6.45) is 0. The fourth-order valence-corrected chi connectivity index (χ4v) is 10.2. The summed E-state index contributed by atoms with van der Waals surface area (Å²) in [5.41, 5.74) is 12.0. The van der Waals surface area contributed by atoms with E-state index in [-0.39, 0.29) is 6.71 Å². The first-order valence-corrected chi connectivity index (χ1v) is 16.4. The molecule has 0 spiro atoms. The normalized spacial score (nSPS) is 14.7. The Labute approximate surface area is 258 Å². The van der Waals surface area contributed by atoms with Gasteiger partial charge in [0.2, 0.25) is 0 Å². The van der Waals surface area contributed by atoms with Crippen molar-refractivity contribution in [3.8, 4) is 0 Å². The van der Waals surface area contributed by atoms with Gasteiger partial charge < -0.3 is 9.80 Å². The molecule has 11 rings (SSSR count). The van der Waals surface area contributed by atoms with E-state index >= 15 is 0 Å². The van der Waals surface area contributed by atoms with Crippen molar-refractivity contribution < 1.29 is 0 Å². The van der Waals surface area contributed by atoms with Gasteiger partial charge in [-0.2, -0.15) is 0 Å². The van der Waals surface area contributed by atoms with Gasteiger partial charge in [0.05, 0.1) is 22.7 Å². The highest BCUT2D eigenvalue weighted by atomic mass is 32.2. The Balaban J connectivity index is 1.29. The highest BCUT2D eigenvalue weighted by Gasteiger charge is 2.47. The molecule has 0 saturated carbocycles. The van der Waals surface area contributed by atoms with Gasteiger partial charge in [-0.15, -0.1) is 0 Å². The molecule has 7 aromatic carbocycles. The second kappa shape index (κ2) is 8.07. The van der Waals surface area contributed by atoms with Crippen LogP contribution < -0.4 is 26.2 Å². The minimum absolute atomic E-state index is 0.165. The van der Waals surface area contributed by atoms with Gasteiger partial charge >= 0.3 is 0 Å². The van der Waals surface area contributed by atoms with Crippen LogP contribution in [0.4, 0.5) is 34.1 Å². The van der Waals surface area contributed by atoms with Crippen molar-refractivity contribution in [3.05, 3.63) is 127 Å². The van der Waals surface area contributed by atoms with Crippen LogP contribution >= 0.6 is 23.5 Å². The Morgan fingerprint density at radius 1 is 0.395 bits per heavy atom. The number of hydrogen-bond acceptors (Lipinski definition) is 4. The maximum absolute atomic E-state index is 2.59. The van der Waals surface area contributed by atoms with Crippen LogP contribution in [-0.2, 0) is 0 Å². The third kappa shape index (κ3) is 2.80. The van der Waals surface area contributed by atoms with Crippen LogP contribution in [-0.4, -0.2) is 6.71 Å². The van der Waals surface area contributed by atoms with E-state index in [2.05, 4.69) is 137 Å². The molecule has 0 aliphatic carbocycles. The molecule has 198 valence electrons. The monoisotopic (exact) mass is 580 g/mol. The number of para-hydroxylation sites is 2. The molecular weight excluding hydrogens is 559 g/mol. The SMILES string of the molecule is c1cc2c3c(c1)B1c4cccc5c4N(c4cccc(c41)N3c1c(ccc3ccccc13)S2)c1c(ccc2ccccc12)S5. The van der Waals surface area contributed by atoms with Crippen LogP contribution in [0.3, 0.4) is 0 Å². The molecule has 4 heterocycles. The molecule has 0 fully saturated rings.